The summed E-state index contributed by atoms with van der Waals surface area (Å²) in [6.07, 6.45) is 2.22. The van der Waals surface area contributed by atoms with E-state index in [1.54, 1.807) is 0 Å². The van der Waals surface area contributed by atoms with Gasteiger partial charge in [0.25, 0.3) is 6.40 Å². The first kappa shape index (κ1) is 6.12. The fourth-order valence-corrected chi connectivity index (χ4v) is 1.00. The molecule has 2 aliphatic heterocycles. The van der Waals surface area contributed by atoms with E-state index >= 15 is 0 Å². The smallest absolute Gasteiger partial charge is 0.273 e. The van der Waals surface area contributed by atoms with Crippen LogP contribution in [0, 0.1) is 0 Å². The van der Waals surface area contributed by atoms with Crippen LogP contribution in [0.2, 0.25) is 0 Å². The van der Waals surface area contributed by atoms with Crippen molar-refractivity contribution in [1.82, 2.24) is 0 Å². The molecule has 55 valence electrons. The van der Waals surface area contributed by atoms with Gasteiger partial charge in [0.1, 0.15) is 12.6 Å². The standard InChI is InChI=1S/C6H8NO3/c1-2-10-6(9-1)5-3-8-4-7-5/h5-6H,1-3H2. The normalized spacial score (nSPS) is 33.0. The zero-order chi connectivity index (χ0) is 6.81. The Morgan fingerprint density at radius 2 is 2.10 bits per heavy atom. The largest absolute Gasteiger partial charge is 0.472 e. The fourth-order valence-electron chi connectivity index (χ4n) is 1.00. The molecule has 0 spiro atoms. The number of ether oxygens (including phenoxy) is 3. The van der Waals surface area contributed by atoms with E-state index in [2.05, 4.69) is 11.4 Å². The van der Waals surface area contributed by atoms with Crippen LogP contribution in [0.5, 0.6) is 0 Å². The van der Waals surface area contributed by atoms with Crippen LogP contribution in [-0.4, -0.2) is 38.6 Å². The highest BCUT2D eigenvalue weighted by molar-refractivity contribution is 5.49. The second-order valence-electron chi connectivity index (χ2n) is 2.21. The molecular weight excluding hydrogens is 134 g/mol. The van der Waals surface area contributed by atoms with Gasteiger partial charge in [0.15, 0.2) is 6.29 Å². The summed E-state index contributed by atoms with van der Waals surface area (Å²) in [5.41, 5.74) is 0. The van der Waals surface area contributed by atoms with Crippen molar-refractivity contribution in [2.75, 3.05) is 19.8 Å². The van der Waals surface area contributed by atoms with E-state index in [-0.39, 0.29) is 12.3 Å². The third kappa shape index (κ3) is 0.998. The molecule has 1 atom stereocenters. The van der Waals surface area contributed by atoms with Crippen molar-refractivity contribution in [3.05, 3.63) is 0 Å². The first-order valence-corrected chi connectivity index (χ1v) is 3.26. The predicted octanol–water partition coefficient (Wildman–Crippen LogP) is -0.337. The lowest BCUT2D eigenvalue weighted by molar-refractivity contribution is -0.0615. The summed E-state index contributed by atoms with van der Waals surface area (Å²) in [6, 6.07) is 0.00231. The average Bonchev–Trinajstić information content (AvgIpc) is 2.59. The Labute approximate surface area is 58.8 Å². The van der Waals surface area contributed by atoms with Gasteiger partial charge in [-0.25, -0.2) is 4.99 Å². The molecule has 0 amide bonds. The predicted molar refractivity (Wildman–Crippen MR) is 32.9 cm³/mol. The molecule has 2 heterocycles. The molecule has 10 heavy (non-hydrogen) atoms. The van der Waals surface area contributed by atoms with E-state index in [1.165, 1.54) is 0 Å². The minimum absolute atomic E-state index is 0.00231. The highest BCUT2D eigenvalue weighted by Crippen LogP contribution is 2.13. The Bertz CT molecular complexity index is 142. The van der Waals surface area contributed by atoms with Gasteiger partial charge >= 0.3 is 0 Å². The lowest BCUT2D eigenvalue weighted by Gasteiger charge is -2.11. The zero-order valence-electron chi connectivity index (χ0n) is 5.45. The molecule has 0 aromatic rings. The number of rotatable bonds is 1. The highest BCUT2D eigenvalue weighted by atomic mass is 16.7. The third-order valence-corrected chi connectivity index (χ3v) is 1.50. The summed E-state index contributed by atoms with van der Waals surface area (Å²) in [5, 5.41) is 0. The lowest BCUT2D eigenvalue weighted by atomic mass is 10.3. The highest BCUT2D eigenvalue weighted by Gasteiger charge is 2.28. The first-order chi connectivity index (χ1) is 4.97. The maximum Gasteiger partial charge on any atom is 0.273 e. The van der Waals surface area contributed by atoms with Crippen molar-refractivity contribution in [1.29, 1.82) is 0 Å². The van der Waals surface area contributed by atoms with E-state index in [9.17, 15) is 0 Å². The molecule has 2 aliphatic rings. The van der Waals surface area contributed by atoms with Crippen LogP contribution in [0.4, 0.5) is 0 Å². The van der Waals surface area contributed by atoms with Gasteiger partial charge in [-0.15, -0.1) is 0 Å². The third-order valence-electron chi connectivity index (χ3n) is 1.50. The van der Waals surface area contributed by atoms with Gasteiger partial charge in [0.2, 0.25) is 0 Å². The summed E-state index contributed by atoms with van der Waals surface area (Å²) in [7, 11) is 0. The van der Waals surface area contributed by atoms with Crippen LogP contribution in [0.3, 0.4) is 0 Å². The van der Waals surface area contributed by atoms with Gasteiger partial charge < -0.3 is 14.2 Å². The molecule has 1 fully saturated rings. The van der Waals surface area contributed by atoms with Gasteiger partial charge in [0, 0.05) is 0 Å². The van der Waals surface area contributed by atoms with Crippen LogP contribution in [0.25, 0.3) is 0 Å². The molecular formula is C6H8NO3. The van der Waals surface area contributed by atoms with Crippen LogP contribution in [-0.2, 0) is 14.2 Å². The van der Waals surface area contributed by atoms with Gasteiger partial charge in [-0.2, -0.15) is 0 Å². The Morgan fingerprint density at radius 1 is 1.30 bits per heavy atom. The number of nitrogens with zero attached hydrogens (tertiary/aromatic N) is 1. The SMILES string of the molecule is [C]1=NC(C2OCCO2)CO1. The van der Waals surface area contributed by atoms with Gasteiger partial charge in [-0.3, -0.25) is 0 Å². The Hall–Kier alpha value is -0.610. The maximum absolute atomic E-state index is 5.20. The Balaban J connectivity index is 1.91. The molecule has 1 saturated heterocycles. The Kier molecular flexibility index (Phi) is 1.56. The van der Waals surface area contributed by atoms with E-state index < -0.39 is 0 Å². The second-order valence-corrected chi connectivity index (χ2v) is 2.21. The number of hydrogen-bond donors (Lipinski definition) is 0. The molecule has 4 nitrogen and oxygen atoms in total. The monoisotopic (exact) mass is 142 g/mol. The topological polar surface area (TPSA) is 40.0 Å². The summed E-state index contributed by atoms with van der Waals surface area (Å²) in [6.45, 7) is 1.86. The molecule has 0 saturated carbocycles. The van der Waals surface area contributed by atoms with Crippen molar-refractivity contribution in [3.8, 4) is 0 Å². The van der Waals surface area contributed by atoms with Crippen molar-refractivity contribution in [2.45, 2.75) is 12.3 Å². The average molecular weight is 142 g/mol. The molecule has 0 bridgehead atoms. The molecule has 2 rings (SSSR count). The molecule has 0 aliphatic carbocycles. The minimum Gasteiger partial charge on any atom is -0.472 e. The van der Waals surface area contributed by atoms with Crippen LogP contribution in [0.1, 0.15) is 0 Å². The van der Waals surface area contributed by atoms with Crippen molar-refractivity contribution < 1.29 is 14.2 Å². The van der Waals surface area contributed by atoms with Crippen LogP contribution in [0.15, 0.2) is 4.99 Å². The number of hydrogen-bond acceptors (Lipinski definition) is 4. The quantitative estimate of drug-likeness (QED) is 0.503. The van der Waals surface area contributed by atoms with Gasteiger partial charge in [-0.05, 0) is 0 Å². The summed E-state index contributed by atoms with van der Waals surface area (Å²) in [4.78, 5) is 3.90. The summed E-state index contributed by atoms with van der Waals surface area (Å²) in [5.74, 6) is 0. The molecule has 1 unspecified atom stereocenters. The molecule has 1 radical (unpaired) electrons. The van der Waals surface area contributed by atoms with Crippen LogP contribution < -0.4 is 0 Å². The molecule has 0 aromatic heterocycles. The fraction of sp³-hybridized carbons (Fsp3) is 0.833. The summed E-state index contributed by atoms with van der Waals surface area (Å²) >= 11 is 0. The lowest BCUT2D eigenvalue weighted by Crippen LogP contribution is -2.26. The molecule has 4 heteroatoms. The second kappa shape index (κ2) is 2.56. The van der Waals surface area contributed by atoms with E-state index in [0.717, 1.165) is 0 Å². The van der Waals surface area contributed by atoms with E-state index in [0.29, 0.717) is 19.8 Å². The summed E-state index contributed by atoms with van der Waals surface area (Å²) < 4.78 is 15.2. The zero-order valence-corrected chi connectivity index (χ0v) is 5.45. The van der Waals surface area contributed by atoms with Crippen LogP contribution >= 0.6 is 0 Å². The van der Waals surface area contributed by atoms with E-state index in [4.69, 9.17) is 14.2 Å². The molecule has 0 aromatic carbocycles. The van der Waals surface area contributed by atoms with Gasteiger partial charge in [0.05, 0.1) is 13.2 Å². The maximum atomic E-state index is 5.20. The number of aliphatic imine (C=N–C) groups is 1. The van der Waals surface area contributed by atoms with Crippen molar-refractivity contribution in [2.24, 2.45) is 4.99 Å². The van der Waals surface area contributed by atoms with E-state index in [1.807, 2.05) is 0 Å². The minimum atomic E-state index is -0.199. The van der Waals surface area contributed by atoms with Crippen molar-refractivity contribution >= 4 is 6.40 Å². The Morgan fingerprint density at radius 3 is 2.70 bits per heavy atom. The van der Waals surface area contributed by atoms with Gasteiger partial charge in [-0.1, -0.05) is 0 Å². The molecule has 0 N–H and O–H groups in total. The van der Waals surface area contributed by atoms with Crippen molar-refractivity contribution in [3.63, 3.8) is 0 Å². The first-order valence-electron chi connectivity index (χ1n) is 3.26.